The Balaban J connectivity index is 1.97. The predicted molar refractivity (Wildman–Crippen MR) is 71.7 cm³/mol. The molecule has 0 fully saturated rings. The molecule has 0 aliphatic heterocycles. The van der Waals surface area contributed by atoms with Crippen molar-refractivity contribution in [1.29, 1.82) is 0 Å². The van der Waals surface area contributed by atoms with Gasteiger partial charge in [-0.05, 0) is 31.0 Å². The second kappa shape index (κ2) is 9.32. The Hall–Kier alpha value is -0.730. The topological polar surface area (TPSA) is 29.5 Å². The van der Waals surface area contributed by atoms with Crippen LogP contribution in [-0.4, -0.2) is 18.3 Å². The Morgan fingerprint density at radius 3 is 2.41 bits per heavy atom. The molecule has 2 nitrogen and oxygen atoms in total. The van der Waals surface area contributed by atoms with Crippen molar-refractivity contribution < 1.29 is 9.84 Å². The summed E-state index contributed by atoms with van der Waals surface area (Å²) in [5, 5.41) is 9.34. The standard InChI is InChI=1S/C14H21ClO2/c15-13-8-7-9-14(12-13)17-11-6-4-2-1-3-5-10-16/h7-9,12,16H,1-6,10-11H2. The van der Waals surface area contributed by atoms with Gasteiger partial charge >= 0.3 is 0 Å². The second-order valence-electron chi connectivity index (χ2n) is 4.15. The van der Waals surface area contributed by atoms with Gasteiger partial charge in [0.25, 0.3) is 0 Å². The van der Waals surface area contributed by atoms with Gasteiger partial charge in [-0.25, -0.2) is 0 Å². The molecule has 0 saturated carbocycles. The zero-order valence-corrected chi connectivity index (χ0v) is 11.0. The minimum atomic E-state index is 0.317. The Kier molecular flexibility index (Phi) is 7.85. The molecule has 17 heavy (non-hydrogen) atoms. The lowest BCUT2D eigenvalue weighted by Crippen LogP contribution is -1.97. The molecule has 0 saturated heterocycles. The van der Waals surface area contributed by atoms with Gasteiger partial charge in [0.15, 0.2) is 0 Å². The zero-order chi connectivity index (χ0) is 12.3. The monoisotopic (exact) mass is 256 g/mol. The molecular weight excluding hydrogens is 236 g/mol. The van der Waals surface area contributed by atoms with Crippen molar-refractivity contribution in [3.63, 3.8) is 0 Å². The number of aliphatic hydroxyl groups is 1. The van der Waals surface area contributed by atoms with Gasteiger partial charge in [-0.1, -0.05) is 43.4 Å². The minimum absolute atomic E-state index is 0.317. The van der Waals surface area contributed by atoms with Crippen LogP contribution in [0.2, 0.25) is 5.02 Å². The molecule has 0 spiro atoms. The molecule has 0 amide bonds. The van der Waals surface area contributed by atoms with Crippen molar-refractivity contribution in [3.8, 4) is 5.75 Å². The maximum atomic E-state index is 8.62. The smallest absolute Gasteiger partial charge is 0.120 e. The van der Waals surface area contributed by atoms with E-state index in [4.69, 9.17) is 21.4 Å². The van der Waals surface area contributed by atoms with Crippen LogP contribution in [0.1, 0.15) is 38.5 Å². The van der Waals surface area contributed by atoms with E-state index in [2.05, 4.69) is 0 Å². The third-order valence-electron chi connectivity index (χ3n) is 2.62. The number of benzene rings is 1. The van der Waals surface area contributed by atoms with Gasteiger partial charge in [0.2, 0.25) is 0 Å². The minimum Gasteiger partial charge on any atom is -0.494 e. The molecule has 1 rings (SSSR count). The van der Waals surface area contributed by atoms with Crippen LogP contribution < -0.4 is 4.74 Å². The molecular formula is C14H21ClO2. The van der Waals surface area contributed by atoms with Gasteiger partial charge in [0, 0.05) is 11.6 Å². The summed E-state index contributed by atoms with van der Waals surface area (Å²) in [6.45, 7) is 1.07. The average Bonchev–Trinajstić information content (AvgIpc) is 2.33. The number of halogens is 1. The molecule has 0 aliphatic carbocycles. The Labute approximate surface area is 109 Å². The molecule has 1 aromatic rings. The summed E-state index contributed by atoms with van der Waals surface area (Å²) in [7, 11) is 0. The number of hydrogen-bond donors (Lipinski definition) is 1. The number of unbranched alkanes of at least 4 members (excludes halogenated alkanes) is 5. The lowest BCUT2D eigenvalue weighted by Gasteiger charge is -2.06. The third kappa shape index (κ3) is 7.24. The fourth-order valence-electron chi connectivity index (χ4n) is 1.67. The first-order valence-electron chi connectivity index (χ1n) is 6.32. The van der Waals surface area contributed by atoms with E-state index in [0.717, 1.165) is 31.6 Å². The van der Waals surface area contributed by atoms with Crippen LogP contribution in [0.25, 0.3) is 0 Å². The molecule has 3 heteroatoms. The molecule has 96 valence electrons. The summed E-state index contributed by atoms with van der Waals surface area (Å²) >= 11 is 5.86. The van der Waals surface area contributed by atoms with Crippen molar-refractivity contribution in [2.24, 2.45) is 0 Å². The molecule has 0 aromatic heterocycles. The molecule has 0 atom stereocenters. The van der Waals surface area contributed by atoms with E-state index in [-0.39, 0.29) is 0 Å². The fraction of sp³-hybridized carbons (Fsp3) is 0.571. The number of rotatable bonds is 9. The zero-order valence-electron chi connectivity index (χ0n) is 10.2. The van der Waals surface area contributed by atoms with Gasteiger partial charge in [-0.3, -0.25) is 0 Å². The third-order valence-corrected chi connectivity index (χ3v) is 2.85. The quantitative estimate of drug-likeness (QED) is 0.676. The Morgan fingerprint density at radius 2 is 1.71 bits per heavy atom. The highest BCUT2D eigenvalue weighted by Crippen LogP contribution is 2.17. The summed E-state index contributed by atoms with van der Waals surface area (Å²) in [6, 6.07) is 7.50. The maximum absolute atomic E-state index is 8.62. The summed E-state index contributed by atoms with van der Waals surface area (Å²) in [6.07, 6.45) is 6.75. The Morgan fingerprint density at radius 1 is 1.00 bits per heavy atom. The summed E-state index contributed by atoms with van der Waals surface area (Å²) < 4.78 is 5.59. The number of ether oxygens (including phenoxy) is 1. The highest BCUT2D eigenvalue weighted by molar-refractivity contribution is 6.30. The van der Waals surface area contributed by atoms with Crippen molar-refractivity contribution in [2.75, 3.05) is 13.2 Å². The van der Waals surface area contributed by atoms with E-state index >= 15 is 0 Å². The molecule has 0 bridgehead atoms. The number of hydrogen-bond acceptors (Lipinski definition) is 2. The van der Waals surface area contributed by atoms with E-state index in [9.17, 15) is 0 Å². The van der Waals surface area contributed by atoms with Crippen LogP contribution in [0.15, 0.2) is 24.3 Å². The second-order valence-corrected chi connectivity index (χ2v) is 4.59. The van der Waals surface area contributed by atoms with E-state index in [1.807, 2.05) is 24.3 Å². The van der Waals surface area contributed by atoms with E-state index < -0.39 is 0 Å². The first-order valence-corrected chi connectivity index (χ1v) is 6.70. The van der Waals surface area contributed by atoms with Gasteiger partial charge in [-0.2, -0.15) is 0 Å². The molecule has 0 radical (unpaired) electrons. The largest absolute Gasteiger partial charge is 0.494 e. The van der Waals surface area contributed by atoms with Crippen LogP contribution in [0.4, 0.5) is 0 Å². The molecule has 1 aromatic carbocycles. The van der Waals surface area contributed by atoms with Crippen LogP contribution in [0, 0.1) is 0 Å². The van der Waals surface area contributed by atoms with Gasteiger partial charge in [0.05, 0.1) is 6.61 Å². The van der Waals surface area contributed by atoms with Crippen molar-refractivity contribution in [2.45, 2.75) is 38.5 Å². The first-order chi connectivity index (χ1) is 8.33. The lowest BCUT2D eigenvalue weighted by atomic mass is 10.1. The van der Waals surface area contributed by atoms with Crippen LogP contribution in [0.3, 0.4) is 0 Å². The molecule has 0 heterocycles. The van der Waals surface area contributed by atoms with Crippen LogP contribution in [0.5, 0.6) is 5.75 Å². The number of aliphatic hydroxyl groups excluding tert-OH is 1. The first kappa shape index (κ1) is 14.3. The normalized spacial score (nSPS) is 10.5. The predicted octanol–water partition coefficient (Wildman–Crippen LogP) is 4.05. The average molecular weight is 257 g/mol. The fourth-order valence-corrected chi connectivity index (χ4v) is 1.85. The highest BCUT2D eigenvalue weighted by Gasteiger charge is 1.95. The van der Waals surface area contributed by atoms with E-state index in [1.165, 1.54) is 19.3 Å². The Bertz CT molecular complexity index is 302. The summed E-state index contributed by atoms with van der Waals surface area (Å²) in [5.41, 5.74) is 0. The van der Waals surface area contributed by atoms with E-state index in [0.29, 0.717) is 11.6 Å². The van der Waals surface area contributed by atoms with Crippen molar-refractivity contribution in [3.05, 3.63) is 29.3 Å². The molecule has 0 unspecified atom stereocenters. The van der Waals surface area contributed by atoms with Crippen LogP contribution >= 0.6 is 11.6 Å². The highest BCUT2D eigenvalue weighted by atomic mass is 35.5. The summed E-state index contributed by atoms with van der Waals surface area (Å²) in [5.74, 6) is 0.845. The molecule has 1 N–H and O–H groups in total. The van der Waals surface area contributed by atoms with Gasteiger partial charge < -0.3 is 9.84 Å². The lowest BCUT2D eigenvalue weighted by molar-refractivity contribution is 0.280. The van der Waals surface area contributed by atoms with Crippen molar-refractivity contribution in [1.82, 2.24) is 0 Å². The molecule has 0 aliphatic rings. The summed E-state index contributed by atoms with van der Waals surface area (Å²) in [4.78, 5) is 0. The van der Waals surface area contributed by atoms with Gasteiger partial charge in [-0.15, -0.1) is 0 Å². The SMILES string of the molecule is OCCCCCCCCOc1cccc(Cl)c1. The van der Waals surface area contributed by atoms with Crippen LogP contribution in [-0.2, 0) is 0 Å². The van der Waals surface area contributed by atoms with Gasteiger partial charge in [0.1, 0.15) is 5.75 Å². The van der Waals surface area contributed by atoms with Crippen molar-refractivity contribution >= 4 is 11.6 Å². The van der Waals surface area contributed by atoms with E-state index in [1.54, 1.807) is 0 Å². The maximum Gasteiger partial charge on any atom is 0.120 e.